The van der Waals surface area contributed by atoms with Crippen LogP contribution in [0, 0.1) is 5.92 Å². The Morgan fingerprint density at radius 2 is 1.94 bits per heavy atom. The normalized spacial score (nSPS) is 19.4. The third-order valence-electron chi connectivity index (χ3n) is 5.77. The number of hydrogen-bond acceptors (Lipinski definition) is 5. The first-order valence-electron chi connectivity index (χ1n) is 10.4. The Morgan fingerprint density at radius 1 is 1.19 bits per heavy atom. The zero-order valence-corrected chi connectivity index (χ0v) is 17.7. The Bertz CT molecular complexity index is 1100. The van der Waals surface area contributed by atoms with E-state index in [9.17, 15) is 13.6 Å². The standard InChI is InChI=1S/C23H25F2N3O3/c1-13-7-9-14(10-8-13)22-28-17-11-18(30-3)16(12-19(17)31-22)27-21(29)15-5-4-6-20(26-15)23(2,24)25/h4-6,11-14H,7-10H2,1-3H3,(H,27,29)/t13-,14-. The van der Waals surface area contributed by atoms with Gasteiger partial charge >= 0.3 is 0 Å². The van der Waals surface area contributed by atoms with Crippen molar-refractivity contribution in [3.63, 3.8) is 0 Å². The monoisotopic (exact) mass is 429 g/mol. The van der Waals surface area contributed by atoms with Gasteiger partial charge in [0, 0.05) is 25.0 Å². The second-order valence-corrected chi connectivity index (χ2v) is 8.28. The second-order valence-electron chi connectivity index (χ2n) is 8.28. The van der Waals surface area contributed by atoms with E-state index in [0.29, 0.717) is 28.4 Å². The number of benzene rings is 1. The Kier molecular flexibility index (Phi) is 5.64. The van der Waals surface area contributed by atoms with Crippen LogP contribution in [0.1, 0.15) is 67.5 Å². The lowest BCUT2D eigenvalue weighted by atomic mass is 9.83. The first-order chi connectivity index (χ1) is 14.7. The number of anilines is 1. The summed E-state index contributed by atoms with van der Waals surface area (Å²) >= 11 is 0. The molecule has 0 spiro atoms. The molecular formula is C23H25F2N3O3. The van der Waals surface area contributed by atoms with Crippen LogP contribution in [-0.2, 0) is 5.92 Å². The predicted octanol–water partition coefficient (Wildman–Crippen LogP) is 5.89. The van der Waals surface area contributed by atoms with Crippen LogP contribution in [0.4, 0.5) is 14.5 Å². The molecule has 0 radical (unpaired) electrons. The van der Waals surface area contributed by atoms with Gasteiger partial charge in [0.15, 0.2) is 11.5 Å². The van der Waals surface area contributed by atoms with E-state index in [4.69, 9.17) is 9.15 Å². The van der Waals surface area contributed by atoms with Crippen molar-refractivity contribution in [1.82, 2.24) is 9.97 Å². The van der Waals surface area contributed by atoms with Gasteiger partial charge in [-0.25, -0.2) is 9.97 Å². The maximum absolute atomic E-state index is 13.6. The summed E-state index contributed by atoms with van der Waals surface area (Å²) in [5, 5.41) is 2.68. The molecule has 1 aromatic carbocycles. The van der Waals surface area contributed by atoms with Crippen LogP contribution in [0.2, 0.25) is 0 Å². The van der Waals surface area contributed by atoms with E-state index in [1.807, 2.05) is 0 Å². The maximum Gasteiger partial charge on any atom is 0.287 e. The number of methoxy groups -OCH3 is 1. The molecule has 1 fully saturated rings. The molecule has 1 amide bonds. The van der Waals surface area contributed by atoms with E-state index in [1.165, 1.54) is 25.3 Å². The fraction of sp³-hybridized carbons (Fsp3) is 0.435. The molecule has 1 aliphatic rings. The summed E-state index contributed by atoms with van der Waals surface area (Å²) in [5.41, 5.74) is 0.955. The Morgan fingerprint density at radius 3 is 2.61 bits per heavy atom. The van der Waals surface area contributed by atoms with Crippen LogP contribution in [0.3, 0.4) is 0 Å². The van der Waals surface area contributed by atoms with Gasteiger partial charge in [-0.2, -0.15) is 8.78 Å². The van der Waals surface area contributed by atoms with Gasteiger partial charge in [0.2, 0.25) is 0 Å². The summed E-state index contributed by atoms with van der Waals surface area (Å²) in [6, 6.07) is 7.29. The van der Waals surface area contributed by atoms with Gasteiger partial charge in [0.25, 0.3) is 11.8 Å². The molecule has 2 heterocycles. The number of hydrogen-bond donors (Lipinski definition) is 1. The third-order valence-corrected chi connectivity index (χ3v) is 5.77. The summed E-state index contributed by atoms with van der Waals surface area (Å²) < 4.78 is 38.5. The van der Waals surface area contributed by atoms with E-state index in [-0.39, 0.29) is 11.6 Å². The quantitative estimate of drug-likeness (QED) is 0.547. The maximum atomic E-state index is 13.6. The van der Waals surface area contributed by atoms with Gasteiger partial charge in [0.05, 0.1) is 12.8 Å². The molecule has 0 bridgehead atoms. The highest BCUT2D eigenvalue weighted by molar-refractivity contribution is 6.04. The van der Waals surface area contributed by atoms with Gasteiger partial charge in [-0.3, -0.25) is 4.79 Å². The van der Waals surface area contributed by atoms with Gasteiger partial charge in [0.1, 0.15) is 22.7 Å². The molecule has 8 heteroatoms. The van der Waals surface area contributed by atoms with Gasteiger partial charge in [-0.15, -0.1) is 0 Å². The molecule has 4 rings (SSSR count). The Balaban J connectivity index is 1.60. The Labute approximate surface area is 179 Å². The highest BCUT2D eigenvalue weighted by Gasteiger charge is 2.27. The van der Waals surface area contributed by atoms with Crippen molar-refractivity contribution in [2.45, 2.75) is 51.4 Å². The molecule has 1 saturated carbocycles. The van der Waals surface area contributed by atoms with Gasteiger partial charge in [-0.1, -0.05) is 13.0 Å². The Hall–Kier alpha value is -3.03. The first-order valence-corrected chi connectivity index (χ1v) is 10.4. The zero-order valence-electron chi connectivity index (χ0n) is 17.7. The SMILES string of the molecule is COc1cc2nc([C@H]3CC[C@H](C)CC3)oc2cc1NC(=O)c1cccc(C(C)(F)F)n1. The average molecular weight is 429 g/mol. The van der Waals surface area contributed by atoms with Gasteiger partial charge in [-0.05, 0) is 43.7 Å². The third kappa shape index (κ3) is 4.52. The minimum atomic E-state index is -3.14. The molecule has 6 nitrogen and oxygen atoms in total. The summed E-state index contributed by atoms with van der Waals surface area (Å²) in [5.74, 6) is -1.65. The minimum absolute atomic E-state index is 0.115. The highest BCUT2D eigenvalue weighted by Crippen LogP contribution is 2.38. The highest BCUT2D eigenvalue weighted by atomic mass is 19.3. The summed E-state index contributed by atoms with van der Waals surface area (Å²) in [6.07, 6.45) is 4.38. The largest absolute Gasteiger partial charge is 0.494 e. The topological polar surface area (TPSA) is 77.3 Å². The number of nitrogens with zero attached hydrogens (tertiary/aromatic N) is 2. The van der Waals surface area contributed by atoms with Crippen LogP contribution in [0.5, 0.6) is 5.75 Å². The van der Waals surface area contributed by atoms with Crippen molar-refractivity contribution >= 4 is 22.7 Å². The number of oxazole rings is 1. The number of aromatic nitrogens is 2. The number of carbonyl (C=O) groups excluding carboxylic acids is 1. The van der Waals surface area contributed by atoms with Crippen molar-refractivity contribution in [3.8, 4) is 5.75 Å². The second kappa shape index (κ2) is 8.24. The van der Waals surface area contributed by atoms with Crippen LogP contribution in [-0.4, -0.2) is 23.0 Å². The van der Waals surface area contributed by atoms with Crippen LogP contribution in [0.25, 0.3) is 11.1 Å². The lowest BCUT2D eigenvalue weighted by Gasteiger charge is -2.23. The zero-order chi connectivity index (χ0) is 22.2. The molecule has 1 aliphatic carbocycles. The van der Waals surface area contributed by atoms with Crippen LogP contribution in [0.15, 0.2) is 34.7 Å². The fourth-order valence-electron chi connectivity index (χ4n) is 3.91. The van der Waals surface area contributed by atoms with Crippen molar-refractivity contribution in [3.05, 3.63) is 47.6 Å². The van der Waals surface area contributed by atoms with Crippen molar-refractivity contribution in [1.29, 1.82) is 0 Å². The molecule has 164 valence electrons. The molecule has 31 heavy (non-hydrogen) atoms. The molecule has 0 aliphatic heterocycles. The fourth-order valence-corrected chi connectivity index (χ4v) is 3.91. The molecule has 3 aromatic rings. The molecule has 0 saturated heterocycles. The van der Waals surface area contributed by atoms with E-state index in [2.05, 4.69) is 22.2 Å². The van der Waals surface area contributed by atoms with Crippen LogP contribution >= 0.6 is 0 Å². The number of pyridine rings is 1. The number of fused-ring (bicyclic) bond motifs is 1. The lowest BCUT2D eigenvalue weighted by molar-refractivity contribution is 0.0126. The smallest absolute Gasteiger partial charge is 0.287 e. The van der Waals surface area contributed by atoms with E-state index < -0.39 is 17.5 Å². The first kappa shape index (κ1) is 21.2. The molecule has 1 N–H and O–H groups in total. The summed E-state index contributed by atoms with van der Waals surface area (Å²) in [7, 11) is 1.48. The minimum Gasteiger partial charge on any atom is -0.494 e. The number of rotatable bonds is 5. The molecule has 0 atom stereocenters. The van der Waals surface area contributed by atoms with Crippen molar-refractivity contribution in [2.75, 3.05) is 12.4 Å². The predicted molar refractivity (Wildman–Crippen MR) is 113 cm³/mol. The van der Waals surface area contributed by atoms with E-state index in [1.54, 1.807) is 12.1 Å². The van der Waals surface area contributed by atoms with E-state index in [0.717, 1.165) is 38.5 Å². The van der Waals surface area contributed by atoms with Crippen LogP contribution < -0.4 is 10.1 Å². The number of ether oxygens (including phenoxy) is 1. The summed E-state index contributed by atoms with van der Waals surface area (Å²) in [4.78, 5) is 21.1. The number of alkyl halides is 2. The lowest BCUT2D eigenvalue weighted by Crippen LogP contribution is -2.17. The van der Waals surface area contributed by atoms with Crippen molar-refractivity contribution < 1.29 is 22.7 Å². The van der Waals surface area contributed by atoms with E-state index >= 15 is 0 Å². The number of nitrogens with one attached hydrogen (secondary N) is 1. The number of amides is 1. The average Bonchev–Trinajstić information content (AvgIpc) is 3.16. The van der Waals surface area contributed by atoms with Gasteiger partial charge < -0.3 is 14.5 Å². The van der Waals surface area contributed by atoms with Crippen molar-refractivity contribution in [2.24, 2.45) is 5.92 Å². The number of carbonyl (C=O) groups is 1. The summed E-state index contributed by atoms with van der Waals surface area (Å²) in [6.45, 7) is 3.00. The molecule has 0 unspecified atom stereocenters. The molecular weight excluding hydrogens is 404 g/mol. The molecule has 2 aromatic heterocycles. The number of halogens is 2.